The van der Waals surface area contributed by atoms with E-state index < -0.39 is 0 Å². The molecule has 2 N–H and O–H groups in total. The molecule has 0 rings (SSSR count). The Balaban J connectivity index is 3.46. The van der Waals surface area contributed by atoms with Crippen molar-refractivity contribution in [2.45, 2.75) is 39.2 Å². The minimum absolute atomic E-state index is 0.0966. The molecule has 0 aromatic heterocycles. The van der Waals surface area contributed by atoms with Gasteiger partial charge in [0.25, 0.3) is 0 Å². The quantitative estimate of drug-likeness (QED) is 0.615. The lowest BCUT2D eigenvalue weighted by Crippen LogP contribution is -2.37. The summed E-state index contributed by atoms with van der Waals surface area (Å²) in [6, 6.07) is 0.250. The average molecular weight is 229 g/mol. The first-order chi connectivity index (χ1) is 7.60. The zero-order chi connectivity index (χ0) is 12.4. The van der Waals surface area contributed by atoms with Crippen LogP contribution in [0.3, 0.4) is 0 Å². The van der Waals surface area contributed by atoms with Gasteiger partial charge in [0.2, 0.25) is 5.91 Å². The van der Waals surface area contributed by atoms with E-state index in [1.807, 2.05) is 6.92 Å². The highest BCUT2D eigenvalue weighted by atomic mass is 16.1. The predicted octanol–water partition coefficient (Wildman–Crippen LogP) is 0.833. The highest BCUT2D eigenvalue weighted by molar-refractivity contribution is 5.76. The first kappa shape index (κ1) is 15.4. The Morgan fingerprint density at radius 2 is 2.06 bits per heavy atom. The molecular weight excluding hydrogens is 202 g/mol. The van der Waals surface area contributed by atoms with Crippen LogP contribution < -0.4 is 10.6 Å². The molecule has 0 heterocycles. The molecule has 0 aliphatic rings. The second-order valence-corrected chi connectivity index (χ2v) is 4.39. The van der Waals surface area contributed by atoms with Crippen molar-refractivity contribution < 1.29 is 4.79 Å². The summed E-state index contributed by atoms with van der Waals surface area (Å²) in [6.07, 6.45) is 3.05. The number of hydrogen-bond acceptors (Lipinski definition) is 3. The number of likely N-dealkylation sites (N-methyl/N-ethyl adjacent to an activating group) is 1. The van der Waals surface area contributed by atoms with E-state index in [4.69, 9.17) is 0 Å². The van der Waals surface area contributed by atoms with Gasteiger partial charge >= 0.3 is 0 Å². The summed E-state index contributed by atoms with van der Waals surface area (Å²) in [5, 5.41) is 5.99. The molecule has 0 aliphatic carbocycles. The molecule has 0 radical (unpaired) electrons. The maximum atomic E-state index is 11.1. The molecule has 96 valence electrons. The van der Waals surface area contributed by atoms with Gasteiger partial charge in [0.05, 0.1) is 0 Å². The Morgan fingerprint density at radius 3 is 2.62 bits per heavy atom. The fraction of sp³-hybridized carbons (Fsp3) is 0.917. The third-order valence-corrected chi connectivity index (χ3v) is 2.65. The number of rotatable bonds is 9. The van der Waals surface area contributed by atoms with Gasteiger partial charge in [-0.15, -0.1) is 0 Å². The van der Waals surface area contributed by atoms with Gasteiger partial charge in [-0.25, -0.2) is 0 Å². The molecule has 4 nitrogen and oxygen atoms in total. The van der Waals surface area contributed by atoms with Crippen molar-refractivity contribution in [3.8, 4) is 0 Å². The Bertz CT molecular complexity index is 185. The van der Waals surface area contributed by atoms with Crippen molar-refractivity contribution >= 4 is 5.91 Å². The molecule has 1 atom stereocenters. The van der Waals surface area contributed by atoms with Gasteiger partial charge in [0.15, 0.2) is 0 Å². The van der Waals surface area contributed by atoms with Crippen molar-refractivity contribution in [3.63, 3.8) is 0 Å². The SMILES string of the molecule is CCCCN(C)CCNC(C)CC(=O)NC. The molecular formula is C12H27N3O. The number of amides is 1. The molecule has 0 spiro atoms. The number of nitrogens with zero attached hydrogens (tertiary/aromatic N) is 1. The smallest absolute Gasteiger partial charge is 0.221 e. The zero-order valence-corrected chi connectivity index (χ0v) is 11.2. The highest BCUT2D eigenvalue weighted by Crippen LogP contribution is 1.92. The maximum Gasteiger partial charge on any atom is 0.221 e. The molecule has 0 bridgehead atoms. The van der Waals surface area contributed by atoms with Crippen molar-refractivity contribution in [3.05, 3.63) is 0 Å². The van der Waals surface area contributed by atoms with Gasteiger partial charge in [-0.3, -0.25) is 4.79 Å². The minimum atomic E-state index is 0.0966. The Labute approximate surface area is 99.8 Å². The van der Waals surface area contributed by atoms with E-state index in [9.17, 15) is 4.79 Å². The van der Waals surface area contributed by atoms with Crippen LogP contribution in [0.2, 0.25) is 0 Å². The van der Waals surface area contributed by atoms with Crippen molar-refractivity contribution in [2.75, 3.05) is 33.7 Å². The summed E-state index contributed by atoms with van der Waals surface area (Å²) in [4.78, 5) is 13.4. The minimum Gasteiger partial charge on any atom is -0.359 e. The second-order valence-electron chi connectivity index (χ2n) is 4.39. The summed E-state index contributed by atoms with van der Waals surface area (Å²) < 4.78 is 0. The first-order valence-electron chi connectivity index (χ1n) is 6.22. The maximum absolute atomic E-state index is 11.1. The number of unbranched alkanes of at least 4 members (excludes halogenated alkanes) is 1. The van der Waals surface area contributed by atoms with Gasteiger partial charge in [-0.2, -0.15) is 0 Å². The van der Waals surface area contributed by atoms with Crippen LogP contribution in [0.1, 0.15) is 33.1 Å². The van der Waals surface area contributed by atoms with E-state index in [-0.39, 0.29) is 11.9 Å². The van der Waals surface area contributed by atoms with Crippen LogP contribution >= 0.6 is 0 Å². The van der Waals surface area contributed by atoms with E-state index in [0.29, 0.717) is 6.42 Å². The van der Waals surface area contributed by atoms with E-state index in [1.54, 1.807) is 7.05 Å². The molecule has 16 heavy (non-hydrogen) atoms. The van der Waals surface area contributed by atoms with Gasteiger partial charge in [0, 0.05) is 32.6 Å². The topological polar surface area (TPSA) is 44.4 Å². The molecule has 4 heteroatoms. The summed E-state index contributed by atoms with van der Waals surface area (Å²) in [7, 11) is 3.81. The Hall–Kier alpha value is -0.610. The molecule has 0 aromatic carbocycles. The van der Waals surface area contributed by atoms with Crippen LogP contribution in [0.15, 0.2) is 0 Å². The highest BCUT2D eigenvalue weighted by Gasteiger charge is 2.06. The van der Waals surface area contributed by atoms with Crippen LogP contribution in [-0.4, -0.2) is 50.6 Å². The van der Waals surface area contributed by atoms with Gasteiger partial charge in [-0.1, -0.05) is 13.3 Å². The van der Waals surface area contributed by atoms with E-state index in [2.05, 4.69) is 29.5 Å². The third-order valence-electron chi connectivity index (χ3n) is 2.65. The van der Waals surface area contributed by atoms with E-state index in [1.165, 1.54) is 12.8 Å². The van der Waals surface area contributed by atoms with Gasteiger partial charge in [0.1, 0.15) is 0 Å². The lowest BCUT2D eigenvalue weighted by molar-refractivity contribution is -0.121. The normalized spacial score (nSPS) is 12.8. The Morgan fingerprint density at radius 1 is 1.38 bits per heavy atom. The summed E-state index contributed by atoms with van der Waals surface area (Å²) in [5.74, 6) is 0.0966. The van der Waals surface area contributed by atoms with E-state index in [0.717, 1.165) is 19.6 Å². The fourth-order valence-electron chi connectivity index (χ4n) is 1.49. The lowest BCUT2D eigenvalue weighted by atomic mass is 10.2. The number of carbonyl (C=O) groups excluding carboxylic acids is 1. The van der Waals surface area contributed by atoms with Gasteiger partial charge < -0.3 is 15.5 Å². The van der Waals surface area contributed by atoms with Crippen LogP contribution in [0.5, 0.6) is 0 Å². The summed E-state index contributed by atoms with van der Waals surface area (Å²) in [6.45, 7) is 7.39. The molecule has 0 saturated heterocycles. The van der Waals surface area contributed by atoms with Crippen molar-refractivity contribution in [2.24, 2.45) is 0 Å². The first-order valence-corrected chi connectivity index (χ1v) is 6.22. The number of nitrogens with one attached hydrogen (secondary N) is 2. The van der Waals surface area contributed by atoms with Crippen LogP contribution in [0.25, 0.3) is 0 Å². The summed E-state index contributed by atoms with van der Waals surface area (Å²) in [5.41, 5.74) is 0. The molecule has 0 aliphatic heterocycles. The fourth-order valence-corrected chi connectivity index (χ4v) is 1.49. The Kier molecular flexibility index (Phi) is 9.24. The van der Waals surface area contributed by atoms with Crippen LogP contribution in [0.4, 0.5) is 0 Å². The van der Waals surface area contributed by atoms with Crippen molar-refractivity contribution in [1.82, 2.24) is 15.5 Å². The van der Waals surface area contributed by atoms with Gasteiger partial charge in [-0.05, 0) is 26.9 Å². The molecule has 0 aromatic rings. The average Bonchev–Trinajstić information content (AvgIpc) is 2.26. The second kappa shape index (κ2) is 9.60. The zero-order valence-electron chi connectivity index (χ0n) is 11.2. The van der Waals surface area contributed by atoms with E-state index >= 15 is 0 Å². The largest absolute Gasteiger partial charge is 0.359 e. The lowest BCUT2D eigenvalue weighted by Gasteiger charge is -2.18. The molecule has 1 unspecified atom stereocenters. The third kappa shape index (κ3) is 8.68. The monoisotopic (exact) mass is 229 g/mol. The predicted molar refractivity (Wildman–Crippen MR) is 68.6 cm³/mol. The van der Waals surface area contributed by atoms with Crippen LogP contribution in [0, 0.1) is 0 Å². The molecule has 1 amide bonds. The van der Waals surface area contributed by atoms with Crippen molar-refractivity contribution in [1.29, 1.82) is 0 Å². The molecule has 0 saturated carbocycles. The van der Waals surface area contributed by atoms with Crippen LogP contribution in [-0.2, 0) is 4.79 Å². The summed E-state index contributed by atoms with van der Waals surface area (Å²) >= 11 is 0. The molecule has 0 fully saturated rings. The standard InChI is InChI=1S/C12H27N3O/c1-5-6-8-15(4)9-7-14-11(2)10-12(16)13-3/h11,14H,5-10H2,1-4H3,(H,13,16). The number of hydrogen-bond donors (Lipinski definition) is 2. The number of carbonyl (C=O) groups is 1.